The van der Waals surface area contributed by atoms with E-state index in [4.69, 9.17) is 34.8 Å². The van der Waals surface area contributed by atoms with Crippen LogP contribution >= 0.6 is 34.8 Å². The zero-order valence-electron chi connectivity index (χ0n) is 16.9. The van der Waals surface area contributed by atoms with Crippen molar-refractivity contribution in [3.63, 3.8) is 0 Å². The molecule has 160 valence electrons. The van der Waals surface area contributed by atoms with Crippen LogP contribution in [0.2, 0.25) is 15.1 Å². The summed E-state index contributed by atoms with van der Waals surface area (Å²) in [5.74, 6) is 0.435. The van der Waals surface area contributed by atoms with Crippen LogP contribution in [-0.2, 0) is 11.3 Å². The summed E-state index contributed by atoms with van der Waals surface area (Å²) in [6.45, 7) is 5.86. The third-order valence-corrected chi connectivity index (χ3v) is 6.93. The Morgan fingerprint density at radius 3 is 2.23 bits per heavy atom. The van der Waals surface area contributed by atoms with Crippen molar-refractivity contribution in [1.82, 2.24) is 9.80 Å². The van der Waals surface area contributed by atoms with E-state index in [1.54, 1.807) is 6.07 Å². The Kier molecular flexibility index (Phi) is 7.09. The van der Waals surface area contributed by atoms with Gasteiger partial charge in [-0.15, -0.1) is 0 Å². The number of benzene rings is 2. The minimum absolute atomic E-state index is 0.125. The fourth-order valence-corrected chi connectivity index (χ4v) is 5.00. The molecule has 0 spiro atoms. The largest absolute Gasteiger partial charge is 0.368 e. The van der Waals surface area contributed by atoms with E-state index in [1.165, 1.54) is 0 Å². The number of likely N-dealkylation sites (tertiary alicyclic amines) is 1. The highest BCUT2D eigenvalue weighted by Gasteiger charge is 2.30. The highest BCUT2D eigenvalue weighted by Crippen LogP contribution is 2.27. The maximum atomic E-state index is 13.0. The number of amides is 1. The summed E-state index contributed by atoms with van der Waals surface area (Å²) in [4.78, 5) is 19.7. The molecule has 4 rings (SSSR count). The van der Waals surface area contributed by atoms with Gasteiger partial charge in [-0.3, -0.25) is 9.69 Å². The van der Waals surface area contributed by atoms with E-state index >= 15 is 0 Å². The van der Waals surface area contributed by atoms with Crippen molar-refractivity contribution in [2.75, 3.05) is 44.2 Å². The Balaban J connectivity index is 1.25. The summed E-state index contributed by atoms with van der Waals surface area (Å²) >= 11 is 18.4. The van der Waals surface area contributed by atoms with Crippen LogP contribution in [0.3, 0.4) is 0 Å². The van der Waals surface area contributed by atoms with E-state index in [1.807, 2.05) is 35.2 Å². The van der Waals surface area contributed by atoms with Crippen molar-refractivity contribution < 1.29 is 4.79 Å². The molecule has 4 nitrogen and oxygen atoms in total. The fourth-order valence-electron chi connectivity index (χ4n) is 4.34. The lowest BCUT2D eigenvalue weighted by Crippen LogP contribution is -2.51. The van der Waals surface area contributed by atoms with Crippen molar-refractivity contribution in [2.24, 2.45) is 5.92 Å². The molecule has 0 N–H and O–H groups in total. The Hall–Kier alpha value is -1.46. The number of rotatable bonds is 4. The van der Waals surface area contributed by atoms with E-state index in [-0.39, 0.29) is 5.92 Å². The molecule has 2 aliphatic heterocycles. The van der Waals surface area contributed by atoms with Gasteiger partial charge >= 0.3 is 0 Å². The quantitative estimate of drug-likeness (QED) is 0.619. The SMILES string of the molecule is O=C(C1CCN(Cc2ccc(Cl)cc2Cl)CC1)N1CCN(c2cccc(Cl)c2)CC1. The molecule has 2 aromatic rings. The number of hydrogen-bond donors (Lipinski definition) is 0. The first-order valence-electron chi connectivity index (χ1n) is 10.5. The molecule has 30 heavy (non-hydrogen) atoms. The molecule has 0 bridgehead atoms. The number of piperidine rings is 1. The van der Waals surface area contributed by atoms with Gasteiger partial charge in [-0.1, -0.05) is 46.9 Å². The first-order valence-corrected chi connectivity index (χ1v) is 11.6. The van der Waals surface area contributed by atoms with Crippen LogP contribution in [0.25, 0.3) is 0 Å². The highest BCUT2D eigenvalue weighted by atomic mass is 35.5. The number of nitrogens with zero attached hydrogens (tertiary/aromatic N) is 3. The minimum Gasteiger partial charge on any atom is -0.368 e. The average molecular weight is 467 g/mol. The Labute approximate surface area is 193 Å². The molecular weight excluding hydrogens is 441 g/mol. The van der Waals surface area contributed by atoms with Crippen molar-refractivity contribution in [1.29, 1.82) is 0 Å². The second-order valence-corrected chi connectivity index (χ2v) is 9.36. The standard InChI is InChI=1S/C23H26Cl3N3O/c24-19-2-1-3-21(14-19)28-10-12-29(13-11-28)23(30)17-6-8-27(9-7-17)16-18-4-5-20(25)15-22(18)26/h1-5,14-15,17H,6-13,16H2. The number of anilines is 1. The van der Waals surface area contributed by atoms with Crippen LogP contribution in [0.15, 0.2) is 42.5 Å². The molecule has 0 atom stereocenters. The lowest BCUT2D eigenvalue weighted by molar-refractivity contribution is -0.137. The van der Waals surface area contributed by atoms with E-state index in [2.05, 4.69) is 15.9 Å². The third kappa shape index (κ3) is 5.23. The van der Waals surface area contributed by atoms with Gasteiger partial charge in [-0.25, -0.2) is 0 Å². The van der Waals surface area contributed by atoms with Crippen molar-refractivity contribution in [2.45, 2.75) is 19.4 Å². The van der Waals surface area contributed by atoms with Crippen LogP contribution in [-0.4, -0.2) is 55.0 Å². The molecule has 0 radical (unpaired) electrons. The number of carbonyl (C=O) groups is 1. The first-order chi connectivity index (χ1) is 14.5. The van der Waals surface area contributed by atoms with Crippen LogP contribution in [0.1, 0.15) is 18.4 Å². The van der Waals surface area contributed by atoms with Gasteiger partial charge in [0.2, 0.25) is 5.91 Å². The summed E-state index contributed by atoms with van der Waals surface area (Å²) in [6, 6.07) is 13.6. The molecule has 2 fully saturated rings. The molecule has 0 saturated carbocycles. The van der Waals surface area contributed by atoms with E-state index in [9.17, 15) is 4.79 Å². The summed E-state index contributed by atoms with van der Waals surface area (Å²) < 4.78 is 0. The number of carbonyl (C=O) groups excluding carboxylic acids is 1. The molecule has 2 saturated heterocycles. The van der Waals surface area contributed by atoms with Crippen LogP contribution in [0, 0.1) is 5.92 Å². The van der Waals surface area contributed by atoms with Crippen LogP contribution in [0.5, 0.6) is 0 Å². The lowest BCUT2D eigenvalue weighted by Gasteiger charge is -2.39. The van der Waals surface area contributed by atoms with Gasteiger partial charge in [0, 0.05) is 59.4 Å². The third-order valence-electron chi connectivity index (χ3n) is 6.11. The highest BCUT2D eigenvalue weighted by molar-refractivity contribution is 6.35. The predicted molar refractivity (Wildman–Crippen MR) is 125 cm³/mol. The lowest BCUT2D eigenvalue weighted by atomic mass is 9.94. The predicted octanol–water partition coefficient (Wildman–Crippen LogP) is 5.21. The van der Waals surface area contributed by atoms with Crippen LogP contribution in [0.4, 0.5) is 5.69 Å². The van der Waals surface area contributed by atoms with Crippen molar-refractivity contribution in [3.05, 3.63) is 63.1 Å². The monoisotopic (exact) mass is 465 g/mol. The molecule has 2 heterocycles. The second-order valence-electron chi connectivity index (χ2n) is 8.08. The van der Waals surface area contributed by atoms with Crippen LogP contribution < -0.4 is 4.90 Å². The number of halogens is 3. The second kappa shape index (κ2) is 9.78. The summed E-state index contributed by atoms with van der Waals surface area (Å²) in [5, 5.41) is 2.11. The zero-order chi connectivity index (χ0) is 21.1. The topological polar surface area (TPSA) is 26.8 Å². The maximum Gasteiger partial charge on any atom is 0.225 e. The van der Waals surface area contributed by atoms with Gasteiger partial charge in [0.15, 0.2) is 0 Å². The molecule has 1 amide bonds. The van der Waals surface area contributed by atoms with E-state index in [0.29, 0.717) is 16.0 Å². The normalized spacial score (nSPS) is 18.6. The smallest absolute Gasteiger partial charge is 0.225 e. The van der Waals surface area contributed by atoms with Gasteiger partial charge in [0.05, 0.1) is 0 Å². The average Bonchev–Trinajstić information content (AvgIpc) is 2.76. The Morgan fingerprint density at radius 1 is 0.867 bits per heavy atom. The molecule has 2 aliphatic rings. The Morgan fingerprint density at radius 2 is 1.57 bits per heavy atom. The molecule has 2 aromatic carbocycles. The summed E-state index contributed by atoms with van der Waals surface area (Å²) in [6.07, 6.45) is 1.80. The molecule has 0 aliphatic carbocycles. The zero-order valence-corrected chi connectivity index (χ0v) is 19.1. The van der Waals surface area contributed by atoms with E-state index in [0.717, 1.165) is 74.9 Å². The van der Waals surface area contributed by atoms with E-state index < -0.39 is 0 Å². The number of piperazine rings is 1. The Bertz CT molecular complexity index is 891. The van der Waals surface area contributed by atoms with Crippen molar-refractivity contribution >= 4 is 46.4 Å². The van der Waals surface area contributed by atoms with Gasteiger partial charge < -0.3 is 9.80 Å². The molecular formula is C23H26Cl3N3O. The first kappa shape index (κ1) is 21.8. The molecule has 7 heteroatoms. The van der Waals surface area contributed by atoms with Gasteiger partial charge in [-0.05, 0) is 61.8 Å². The van der Waals surface area contributed by atoms with Gasteiger partial charge in [-0.2, -0.15) is 0 Å². The molecule has 0 unspecified atom stereocenters. The fraction of sp³-hybridized carbons (Fsp3) is 0.435. The summed E-state index contributed by atoms with van der Waals surface area (Å²) in [7, 11) is 0. The summed E-state index contributed by atoms with van der Waals surface area (Å²) in [5.41, 5.74) is 2.21. The minimum atomic E-state index is 0.125. The van der Waals surface area contributed by atoms with Gasteiger partial charge in [0.25, 0.3) is 0 Å². The van der Waals surface area contributed by atoms with Gasteiger partial charge in [0.1, 0.15) is 0 Å². The maximum absolute atomic E-state index is 13.0. The number of hydrogen-bond acceptors (Lipinski definition) is 3. The molecule has 0 aromatic heterocycles. The van der Waals surface area contributed by atoms with Crippen molar-refractivity contribution in [3.8, 4) is 0 Å².